The van der Waals surface area contributed by atoms with Crippen LogP contribution in [0.5, 0.6) is 28.7 Å². The van der Waals surface area contributed by atoms with Gasteiger partial charge in [0.05, 0.1) is 13.2 Å². The van der Waals surface area contributed by atoms with Gasteiger partial charge in [0.2, 0.25) is 16.6 Å². The molecule has 1 atom stereocenters. The third-order valence-electron chi connectivity index (χ3n) is 11.7. The molecule has 9 heteroatoms. The van der Waals surface area contributed by atoms with Gasteiger partial charge in [-0.15, -0.1) is 0 Å². The van der Waals surface area contributed by atoms with E-state index in [1.807, 2.05) is 54.6 Å². The highest BCUT2D eigenvalue weighted by molar-refractivity contribution is 6.75. The minimum absolute atomic E-state index is 0.0209. The van der Waals surface area contributed by atoms with Gasteiger partial charge in [-0.25, -0.2) is 0 Å². The molecular weight excluding hydrogens is 683 g/mol. The van der Waals surface area contributed by atoms with E-state index in [9.17, 15) is 10.2 Å². The van der Waals surface area contributed by atoms with Crippen LogP contribution in [-0.4, -0.2) is 71.2 Å². The molecule has 0 saturated carbocycles. The first-order valence-electron chi connectivity index (χ1n) is 19.2. The lowest BCUT2D eigenvalue weighted by molar-refractivity contribution is 0.205. The Balaban J connectivity index is 1.48. The van der Waals surface area contributed by atoms with Crippen LogP contribution in [0.1, 0.15) is 89.8 Å². The van der Waals surface area contributed by atoms with Crippen molar-refractivity contribution in [2.75, 3.05) is 39.5 Å². The summed E-state index contributed by atoms with van der Waals surface area (Å²) in [7, 11) is -4.20. The van der Waals surface area contributed by atoms with E-state index in [0.29, 0.717) is 23.7 Å². The summed E-state index contributed by atoms with van der Waals surface area (Å²) in [4.78, 5) is 2.54. The topological polar surface area (TPSA) is 80.6 Å². The average molecular weight is 746 g/mol. The lowest BCUT2D eigenvalue weighted by Gasteiger charge is -2.37. The molecule has 0 aliphatic carbocycles. The number of piperidine rings is 1. The largest absolute Gasteiger partial charge is 0.543 e. The summed E-state index contributed by atoms with van der Waals surface area (Å²) < 4.78 is 25.8. The summed E-state index contributed by atoms with van der Waals surface area (Å²) in [5, 5.41) is 22.7. The molecule has 2 N–H and O–H groups in total. The number of likely N-dealkylation sites (tertiary alicyclic amines) is 1. The van der Waals surface area contributed by atoms with Crippen molar-refractivity contribution in [2.45, 2.75) is 109 Å². The number of rotatable bonds is 13. The van der Waals surface area contributed by atoms with Gasteiger partial charge in [0, 0.05) is 41.3 Å². The van der Waals surface area contributed by atoms with Crippen molar-refractivity contribution in [3.8, 4) is 28.7 Å². The zero-order valence-corrected chi connectivity index (χ0v) is 35.4. The number of nitrogens with zero attached hydrogens (tertiary/aromatic N) is 1. The molecule has 7 nitrogen and oxygen atoms in total. The minimum atomic E-state index is -2.12. The molecule has 3 aromatic carbocycles. The van der Waals surface area contributed by atoms with E-state index in [4.69, 9.17) is 18.3 Å². The SMILES string of the molecule is CC(C)(C)[Si](C)(C)Oc1ccc(C2=C(C(CO)c3ccc(OCCCN4CCCCC4)cc3)c3ccc(O[Si](C)(C)C(C)(C)C)cc3OC2)c(O)c1. The number of hydrogen-bond acceptors (Lipinski definition) is 7. The zero-order valence-electron chi connectivity index (χ0n) is 33.4. The first-order chi connectivity index (χ1) is 24.4. The van der Waals surface area contributed by atoms with E-state index in [1.54, 1.807) is 6.07 Å². The second-order valence-corrected chi connectivity index (χ2v) is 27.1. The van der Waals surface area contributed by atoms with E-state index in [0.717, 1.165) is 46.7 Å². The maximum absolute atomic E-state index is 11.6. The zero-order chi connectivity index (χ0) is 37.9. The number of ether oxygens (including phenoxy) is 2. The Bertz CT molecular complexity index is 1700. The fraction of sp³-hybridized carbons (Fsp3) is 0.535. The van der Waals surface area contributed by atoms with Gasteiger partial charge in [0.15, 0.2) is 0 Å². The summed E-state index contributed by atoms with van der Waals surface area (Å²) >= 11 is 0. The molecule has 2 aliphatic heterocycles. The minimum Gasteiger partial charge on any atom is -0.543 e. The molecule has 0 spiro atoms. The summed E-state index contributed by atoms with van der Waals surface area (Å²) in [6, 6.07) is 19.7. The van der Waals surface area contributed by atoms with Gasteiger partial charge in [-0.1, -0.05) is 60.1 Å². The number of phenols is 1. The van der Waals surface area contributed by atoms with Crippen LogP contribution < -0.4 is 18.3 Å². The van der Waals surface area contributed by atoms with Crippen molar-refractivity contribution in [3.05, 3.63) is 77.4 Å². The summed E-state index contributed by atoms with van der Waals surface area (Å²) in [6.45, 7) is 26.4. The average Bonchev–Trinajstić information content (AvgIpc) is 3.07. The third-order valence-corrected chi connectivity index (χ3v) is 20.5. The Labute approximate surface area is 315 Å². The number of aliphatic hydroxyl groups excluding tert-OH is 1. The van der Waals surface area contributed by atoms with E-state index >= 15 is 0 Å². The number of benzene rings is 3. The van der Waals surface area contributed by atoms with Gasteiger partial charge in [-0.3, -0.25) is 0 Å². The number of phenolic OH excluding ortho intramolecular Hbond substituents is 1. The second-order valence-electron chi connectivity index (χ2n) is 17.7. The van der Waals surface area contributed by atoms with Crippen LogP contribution in [0.25, 0.3) is 11.1 Å². The molecule has 1 unspecified atom stereocenters. The number of aromatic hydroxyl groups is 1. The standard InChI is InChI=1S/C43H63NO6Si2/c1-42(2,3)51(7,8)49-33-19-21-35(39(46)27-33)38-30-48-40-28-34(50-52(9,10)43(4,5)6)20-22-36(40)41(38)37(29-45)31-15-17-32(18-16-31)47-26-14-25-44-23-12-11-13-24-44/h15-22,27-28,37,45-46H,11-14,23-26,29-30H2,1-10H3. The molecule has 1 saturated heterocycles. The summed E-state index contributed by atoms with van der Waals surface area (Å²) in [5.74, 6) is 2.72. The summed E-state index contributed by atoms with van der Waals surface area (Å²) in [6.07, 6.45) is 4.94. The Morgan fingerprint density at radius 3 is 1.87 bits per heavy atom. The van der Waals surface area contributed by atoms with Crippen LogP contribution in [0.15, 0.2) is 60.7 Å². The van der Waals surface area contributed by atoms with Crippen molar-refractivity contribution >= 4 is 27.8 Å². The molecule has 2 aliphatic rings. The van der Waals surface area contributed by atoms with Gasteiger partial charge in [0.1, 0.15) is 35.4 Å². The van der Waals surface area contributed by atoms with Crippen molar-refractivity contribution in [2.24, 2.45) is 0 Å². The van der Waals surface area contributed by atoms with Crippen LogP contribution >= 0.6 is 0 Å². The highest BCUT2D eigenvalue weighted by Gasteiger charge is 2.40. The molecule has 284 valence electrons. The molecule has 5 rings (SSSR count). The van der Waals surface area contributed by atoms with Crippen molar-refractivity contribution < 1.29 is 28.5 Å². The summed E-state index contributed by atoms with van der Waals surface area (Å²) in [5.41, 5.74) is 4.26. The maximum atomic E-state index is 11.6. The molecule has 0 amide bonds. The fourth-order valence-corrected chi connectivity index (χ4v) is 8.51. The molecule has 0 aromatic heterocycles. The molecule has 0 bridgehead atoms. The molecule has 0 radical (unpaired) electrons. The quantitative estimate of drug-likeness (QED) is 0.133. The first kappa shape index (κ1) is 39.9. The van der Waals surface area contributed by atoms with Crippen LogP contribution in [-0.2, 0) is 0 Å². The van der Waals surface area contributed by atoms with Gasteiger partial charge < -0.3 is 33.4 Å². The molecule has 52 heavy (non-hydrogen) atoms. The van der Waals surface area contributed by atoms with Crippen LogP contribution in [0.3, 0.4) is 0 Å². The van der Waals surface area contributed by atoms with E-state index in [1.165, 1.54) is 32.4 Å². The smallest absolute Gasteiger partial charge is 0.250 e. The van der Waals surface area contributed by atoms with E-state index in [2.05, 4.69) is 72.6 Å². The molecule has 2 heterocycles. The highest BCUT2D eigenvalue weighted by atomic mass is 28.4. The lowest BCUT2D eigenvalue weighted by atomic mass is 9.80. The second kappa shape index (κ2) is 16.0. The Hall–Kier alpha value is -3.25. The van der Waals surface area contributed by atoms with Gasteiger partial charge in [-0.2, -0.15) is 0 Å². The van der Waals surface area contributed by atoms with Crippen LogP contribution in [0.4, 0.5) is 0 Å². The van der Waals surface area contributed by atoms with Gasteiger partial charge in [-0.05, 0) is 116 Å². The molecular formula is C43H63NO6Si2. The number of aliphatic hydroxyl groups is 1. The van der Waals surface area contributed by atoms with E-state index in [-0.39, 0.29) is 35.0 Å². The van der Waals surface area contributed by atoms with Crippen LogP contribution in [0.2, 0.25) is 36.3 Å². The van der Waals surface area contributed by atoms with Crippen molar-refractivity contribution in [1.29, 1.82) is 0 Å². The molecule has 3 aromatic rings. The van der Waals surface area contributed by atoms with Crippen molar-refractivity contribution in [1.82, 2.24) is 4.90 Å². The van der Waals surface area contributed by atoms with Gasteiger partial charge >= 0.3 is 0 Å². The Kier molecular flexibility index (Phi) is 12.3. The maximum Gasteiger partial charge on any atom is 0.250 e. The number of fused-ring (bicyclic) bond motifs is 1. The highest BCUT2D eigenvalue weighted by Crippen LogP contribution is 2.49. The first-order valence-corrected chi connectivity index (χ1v) is 25.0. The Morgan fingerprint density at radius 1 is 0.750 bits per heavy atom. The van der Waals surface area contributed by atoms with Crippen LogP contribution in [0, 0.1) is 0 Å². The van der Waals surface area contributed by atoms with Crippen molar-refractivity contribution in [3.63, 3.8) is 0 Å². The lowest BCUT2D eigenvalue weighted by Crippen LogP contribution is -2.43. The monoisotopic (exact) mass is 745 g/mol. The number of hydrogen-bond donors (Lipinski definition) is 2. The predicted octanol–water partition coefficient (Wildman–Crippen LogP) is 10.5. The van der Waals surface area contributed by atoms with E-state index < -0.39 is 16.6 Å². The predicted molar refractivity (Wildman–Crippen MR) is 219 cm³/mol. The third kappa shape index (κ3) is 9.27. The Morgan fingerprint density at radius 2 is 1.31 bits per heavy atom. The fourth-order valence-electron chi connectivity index (χ4n) is 6.47. The molecule has 1 fully saturated rings. The van der Waals surface area contributed by atoms with Gasteiger partial charge in [0.25, 0.3) is 0 Å². The normalized spacial score (nSPS) is 16.6.